The van der Waals surface area contributed by atoms with Gasteiger partial charge in [-0.1, -0.05) is 21.6 Å². The lowest BCUT2D eigenvalue weighted by atomic mass is 10.2. The van der Waals surface area contributed by atoms with E-state index in [9.17, 15) is 9.59 Å². The van der Waals surface area contributed by atoms with Gasteiger partial charge in [-0.25, -0.2) is 9.59 Å². The number of hydrogen-bond donors (Lipinski definition) is 1. The summed E-state index contributed by atoms with van der Waals surface area (Å²) in [5.74, 6) is 1.18. The Morgan fingerprint density at radius 1 is 1.04 bits per heavy atom. The highest BCUT2D eigenvalue weighted by atomic mass is 33.1. The Labute approximate surface area is 173 Å². The maximum Gasteiger partial charge on any atom is 0.505 e. The highest BCUT2D eigenvalue weighted by molar-refractivity contribution is 8.76. The molecule has 10 heteroatoms. The monoisotopic (exact) mass is 429 g/mol. The van der Waals surface area contributed by atoms with Crippen LogP contribution in [0.5, 0.6) is 0 Å². The van der Waals surface area contributed by atoms with Crippen LogP contribution in [-0.2, 0) is 9.47 Å². The summed E-state index contributed by atoms with van der Waals surface area (Å²) < 4.78 is 9.68. The van der Waals surface area contributed by atoms with Crippen LogP contribution in [0.15, 0.2) is 24.3 Å². The number of carbonyl (C=O) groups is 2. The molecule has 2 rings (SSSR count). The van der Waals surface area contributed by atoms with Gasteiger partial charge in [-0.3, -0.25) is 4.90 Å². The number of nitrogens with zero attached hydrogens (tertiary/aromatic N) is 3. The Morgan fingerprint density at radius 2 is 1.61 bits per heavy atom. The number of rotatable bonds is 9. The minimum atomic E-state index is -1.26. The Morgan fingerprint density at radius 3 is 2.18 bits per heavy atom. The van der Waals surface area contributed by atoms with Crippen molar-refractivity contribution in [2.24, 2.45) is 0 Å². The molecule has 0 aromatic heterocycles. The molecule has 156 valence electrons. The van der Waals surface area contributed by atoms with E-state index >= 15 is 0 Å². The van der Waals surface area contributed by atoms with Crippen molar-refractivity contribution >= 4 is 45.2 Å². The third-order valence-corrected chi connectivity index (χ3v) is 6.58. The van der Waals surface area contributed by atoms with Gasteiger partial charge in [-0.2, -0.15) is 0 Å². The molecule has 1 saturated heterocycles. The van der Waals surface area contributed by atoms with Crippen molar-refractivity contribution in [3.63, 3.8) is 0 Å². The first-order valence-electron chi connectivity index (χ1n) is 9.01. The van der Waals surface area contributed by atoms with Crippen LogP contribution < -0.4 is 9.80 Å². The predicted molar refractivity (Wildman–Crippen MR) is 115 cm³/mol. The van der Waals surface area contributed by atoms with Crippen LogP contribution >= 0.6 is 21.6 Å². The number of carbonyl (C=O) groups excluding carboxylic acids is 1. The molecule has 1 heterocycles. The fourth-order valence-electron chi connectivity index (χ4n) is 2.60. The second-order valence-corrected chi connectivity index (χ2v) is 8.94. The molecular weight excluding hydrogens is 402 g/mol. The van der Waals surface area contributed by atoms with Gasteiger partial charge in [0, 0.05) is 56.1 Å². The van der Waals surface area contributed by atoms with E-state index < -0.39 is 12.2 Å². The Kier molecular flexibility index (Phi) is 9.59. The van der Waals surface area contributed by atoms with Crippen molar-refractivity contribution in [3.8, 4) is 0 Å². The Balaban J connectivity index is 1.66. The molecular formula is C18H27N3O5S2. The van der Waals surface area contributed by atoms with Gasteiger partial charge < -0.3 is 24.4 Å². The third-order valence-electron chi connectivity index (χ3n) is 4.25. The molecule has 1 fully saturated rings. The maximum atomic E-state index is 12.2. The smallest absolute Gasteiger partial charge is 0.450 e. The van der Waals surface area contributed by atoms with Crippen LogP contribution in [0.4, 0.5) is 21.0 Å². The number of amides is 1. The van der Waals surface area contributed by atoms with Gasteiger partial charge in [-0.05, 0) is 31.3 Å². The van der Waals surface area contributed by atoms with Crippen LogP contribution in [0, 0.1) is 0 Å². The summed E-state index contributed by atoms with van der Waals surface area (Å²) in [5.41, 5.74) is 1.95. The molecule has 0 unspecified atom stereocenters. The lowest BCUT2D eigenvalue weighted by molar-refractivity contribution is 0.0975. The number of ether oxygens (including phenoxy) is 2. The average molecular weight is 430 g/mol. The van der Waals surface area contributed by atoms with Crippen molar-refractivity contribution in [2.45, 2.75) is 0 Å². The standard InChI is InChI=1S/C18H27N3O5S2/c1-19-7-9-21(10-8-19)16-5-3-15(4-6-16)20(2)17(22)25-11-13-27-28-14-12-26-18(23)24/h3-6H,7-14H2,1-2H3,(H,23,24). The summed E-state index contributed by atoms with van der Waals surface area (Å²) in [7, 11) is 6.82. The van der Waals surface area contributed by atoms with E-state index in [2.05, 4.69) is 21.6 Å². The molecule has 8 nitrogen and oxygen atoms in total. The number of likely N-dealkylation sites (N-methyl/N-ethyl adjacent to an activating group) is 1. The summed E-state index contributed by atoms with van der Waals surface area (Å²) >= 11 is 0. The van der Waals surface area contributed by atoms with Crippen molar-refractivity contribution in [1.29, 1.82) is 0 Å². The highest BCUT2D eigenvalue weighted by Gasteiger charge is 2.16. The molecule has 1 aliphatic heterocycles. The van der Waals surface area contributed by atoms with Gasteiger partial charge in [0.25, 0.3) is 0 Å². The second-order valence-electron chi connectivity index (χ2n) is 6.24. The Bertz CT molecular complexity index is 624. The number of hydrogen-bond acceptors (Lipinski definition) is 8. The van der Waals surface area contributed by atoms with E-state index in [1.165, 1.54) is 32.2 Å². The topological polar surface area (TPSA) is 82.5 Å². The number of anilines is 2. The first kappa shape index (κ1) is 22.5. The van der Waals surface area contributed by atoms with Gasteiger partial charge in [0.05, 0.1) is 0 Å². The minimum Gasteiger partial charge on any atom is -0.450 e. The van der Waals surface area contributed by atoms with Crippen LogP contribution in [0.25, 0.3) is 0 Å². The van der Waals surface area contributed by atoms with E-state index in [0.29, 0.717) is 18.1 Å². The lowest BCUT2D eigenvalue weighted by Gasteiger charge is -2.34. The molecule has 0 radical (unpaired) electrons. The van der Waals surface area contributed by atoms with Gasteiger partial charge in [0.15, 0.2) is 0 Å². The number of carboxylic acid groups (broad SMARTS) is 1. The van der Waals surface area contributed by atoms with Crippen molar-refractivity contribution in [1.82, 2.24) is 4.90 Å². The predicted octanol–water partition coefficient (Wildman–Crippen LogP) is 3.09. The fraction of sp³-hybridized carbons (Fsp3) is 0.556. The molecule has 1 N–H and O–H groups in total. The first-order chi connectivity index (χ1) is 13.5. The van der Waals surface area contributed by atoms with Crippen molar-refractivity contribution < 1.29 is 24.2 Å². The molecule has 0 saturated carbocycles. The van der Waals surface area contributed by atoms with Gasteiger partial charge in [-0.15, -0.1) is 0 Å². The molecule has 1 aromatic carbocycles. The molecule has 1 aliphatic rings. The zero-order valence-corrected chi connectivity index (χ0v) is 17.8. The fourth-order valence-corrected chi connectivity index (χ4v) is 4.25. The van der Waals surface area contributed by atoms with E-state index in [1.54, 1.807) is 7.05 Å². The van der Waals surface area contributed by atoms with Crippen LogP contribution in [-0.4, -0.2) is 87.2 Å². The zero-order chi connectivity index (χ0) is 20.4. The summed E-state index contributed by atoms with van der Waals surface area (Å²) in [6.07, 6.45) is -1.66. The zero-order valence-electron chi connectivity index (χ0n) is 16.2. The molecule has 0 aliphatic carbocycles. The van der Waals surface area contributed by atoms with E-state index in [-0.39, 0.29) is 6.61 Å². The quantitative estimate of drug-likeness (QED) is 0.362. The van der Waals surface area contributed by atoms with Gasteiger partial charge in [0.1, 0.15) is 13.2 Å². The summed E-state index contributed by atoms with van der Waals surface area (Å²) in [4.78, 5) is 28.5. The summed E-state index contributed by atoms with van der Waals surface area (Å²) in [6, 6.07) is 7.94. The van der Waals surface area contributed by atoms with E-state index in [0.717, 1.165) is 31.9 Å². The highest BCUT2D eigenvalue weighted by Crippen LogP contribution is 2.22. The SMILES string of the molecule is CN1CCN(c2ccc(N(C)C(=O)OCCSSCCOC(=O)O)cc2)CC1. The van der Waals surface area contributed by atoms with E-state index in [1.807, 2.05) is 24.3 Å². The third kappa shape index (κ3) is 7.69. The molecule has 0 atom stereocenters. The van der Waals surface area contributed by atoms with Crippen LogP contribution in [0.3, 0.4) is 0 Å². The van der Waals surface area contributed by atoms with Crippen LogP contribution in [0.2, 0.25) is 0 Å². The molecule has 0 bridgehead atoms. The normalized spacial score (nSPS) is 14.6. The largest absolute Gasteiger partial charge is 0.505 e. The molecule has 1 amide bonds. The average Bonchev–Trinajstić information content (AvgIpc) is 2.69. The second kappa shape index (κ2) is 11.9. The summed E-state index contributed by atoms with van der Waals surface area (Å²) in [5, 5.41) is 8.35. The molecule has 28 heavy (non-hydrogen) atoms. The molecule has 1 aromatic rings. The van der Waals surface area contributed by atoms with Crippen LogP contribution in [0.1, 0.15) is 0 Å². The number of benzene rings is 1. The van der Waals surface area contributed by atoms with Crippen molar-refractivity contribution in [3.05, 3.63) is 24.3 Å². The molecule has 0 spiro atoms. The summed E-state index contributed by atoms with van der Waals surface area (Å²) in [6.45, 7) is 4.56. The van der Waals surface area contributed by atoms with Crippen molar-refractivity contribution in [2.75, 3.05) is 74.8 Å². The minimum absolute atomic E-state index is 0.152. The number of piperazine rings is 1. The van der Waals surface area contributed by atoms with Gasteiger partial charge in [0.2, 0.25) is 0 Å². The lowest BCUT2D eigenvalue weighted by Crippen LogP contribution is -2.44. The van der Waals surface area contributed by atoms with E-state index in [4.69, 9.17) is 9.84 Å². The Hall–Kier alpha value is -1.78. The first-order valence-corrected chi connectivity index (χ1v) is 11.5. The maximum absolute atomic E-state index is 12.2. The van der Waals surface area contributed by atoms with Gasteiger partial charge >= 0.3 is 12.2 Å².